The van der Waals surface area contributed by atoms with Gasteiger partial charge < -0.3 is 9.47 Å². The quantitative estimate of drug-likeness (QED) is 0.197. The van der Waals surface area contributed by atoms with Crippen molar-refractivity contribution in [2.75, 3.05) is 17.7 Å². The second-order valence-corrected chi connectivity index (χ2v) is 9.89. The van der Waals surface area contributed by atoms with Gasteiger partial charge in [-0.1, -0.05) is 83.9 Å². The van der Waals surface area contributed by atoms with Crippen molar-refractivity contribution >= 4 is 46.7 Å². The van der Waals surface area contributed by atoms with E-state index < -0.39 is 11.7 Å². The summed E-state index contributed by atoms with van der Waals surface area (Å²) in [5, 5.41) is 3.91. The molecule has 1 amide bonds. The molecule has 0 saturated carbocycles. The largest absolute Gasteiger partial charge is 0.493 e. The number of nitrogens with one attached hydrogen (secondary N) is 1. The van der Waals surface area contributed by atoms with Crippen LogP contribution in [0.2, 0.25) is 10.0 Å². The first-order valence-corrected chi connectivity index (χ1v) is 12.8. The molecule has 0 saturated heterocycles. The van der Waals surface area contributed by atoms with Crippen molar-refractivity contribution in [3.8, 4) is 5.75 Å². The smallest absolute Gasteiger partial charge is 0.413 e. The van der Waals surface area contributed by atoms with Crippen LogP contribution >= 0.6 is 35.0 Å². The Labute approximate surface area is 218 Å². The summed E-state index contributed by atoms with van der Waals surface area (Å²) in [5.74, 6) is 1.42. The van der Waals surface area contributed by atoms with Gasteiger partial charge in [0.25, 0.3) is 0 Å². The summed E-state index contributed by atoms with van der Waals surface area (Å²) in [6, 6.07) is 30.8. The standard InChI is InChI=1S/C28H21Cl2NO3S/c29-24-13-12-22(18-25(24)30)35-16-15-33-21-11-14-26-23(17-21)28(34-27(32)31-26,19-7-3-1-4-8-19)20-9-5-2-6-10-20/h1-14,17-18H,15-16H2,(H,31,32). The van der Waals surface area contributed by atoms with Gasteiger partial charge >= 0.3 is 6.09 Å². The lowest BCUT2D eigenvalue weighted by atomic mass is 9.78. The van der Waals surface area contributed by atoms with Crippen molar-refractivity contribution in [3.05, 3.63) is 124 Å². The van der Waals surface area contributed by atoms with E-state index in [0.717, 1.165) is 27.3 Å². The normalized spacial score (nSPS) is 13.9. The molecule has 0 aromatic heterocycles. The fraction of sp³-hybridized carbons (Fsp3) is 0.107. The zero-order valence-electron chi connectivity index (χ0n) is 18.5. The zero-order chi connectivity index (χ0) is 24.3. The molecule has 4 aromatic carbocycles. The van der Waals surface area contributed by atoms with Crippen molar-refractivity contribution in [1.82, 2.24) is 0 Å². The number of halogens is 2. The Morgan fingerprint density at radius 3 is 2.17 bits per heavy atom. The molecule has 7 heteroatoms. The maximum absolute atomic E-state index is 12.7. The highest BCUT2D eigenvalue weighted by molar-refractivity contribution is 7.99. The first-order chi connectivity index (χ1) is 17.1. The van der Waals surface area contributed by atoms with Crippen LogP contribution in [0.5, 0.6) is 5.75 Å². The molecule has 176 valence electrons. The summed E-state index contributed by atoms with van der Waals surface area (Å²) in [6.07, 6.45) is -0.503. The Balaban J connectivity index is 1.44. The van der Waals surface area contributed by atoms with E-state index >= 15 is 0 Å². The number of carbonyl (C=O) groups excluding carboxylic acids is 1. The lowest BCUT2D eigenvalue weighted by Gasteiger charge is -2.39. The van der Waals surface area contributed by atoms with Crippen LogP contribution in [0.4, 0.5) is 10.5 Å². The van der Waals surface area contributed by atoms with Crippen LogP contribution in [0.3, 0.4) is 0 Å². The Bertz CT molecular complexity index is 1310. The van der Waals surface area contributed by atoms with Gasteiger partial charge in [-0.25, -0.2) is 4.79 Å². The van der Waals surface area contributed by atoms with Crippen LogP contribution in [0, 0.1) is 0 Å². The van der Waals surface area contributed by atoms with Crippen LogP contribution < -0.4 is 10.1 Å². The fourth-order valence-corrected chi connectivity index (χ4v) is 5.30. The van der Waals surface area contributed by atoms with Crippen molar-refractivity contribution in [2.24, 2.45) is 0 Å². The number of carbonyl (C=O) groups is 1. The van der Waals surface area contributed by atoms with E-state index in [-0.39, 0.29) is 0 Å². The van der Waals surface area contributed by atoms with E-state index in [0.29, 0.717) is 28.1 Å². The highest BCUT2D eigenvalue weighted by Crippen LogP contribution is 2.47. The lowest BCUT2D eigenvalue weighted by Crippen LogP contribution is -2.41. The fourth-order valence-electron chi connectivity index (χ4n) is 4.17. The number of fused-ring (bicyclic) bond motifs is 1. The number of hydrogen-bond acceptors (Lipinski definition) is 4. The Hall–Kier alpha value is -3.12. The Morgan fingerprint density at radius 2 is 1.51 bits per heavy atom. The molecule has 0 atom stereocenters. The highest BCUT2D eigenvalue weighted by Gasteiger charge is 2.45. The molecule has 4 nitrogen and oxygen atoms in total. The number of benzene rings is 4. The second kappa shape index (κ2) is 10.2. The molecule has 0 fully saturated rings. The molecule has 4 aromatic rings. The minimum absolute atomic E-state index is 0.487. The number of rotatable bonds is 7. The maximum Gasteiger partial charge on any atom is 0.413 e. The summed E-state index contributed by atoms with van der Waals surface area (Å²) in [7, 11) is 0. The number of cyclic esters (lactones) is 1. The zero-order valence-corrected chi connectivity index (χ0v) is 20.9. The number of thioether (sulfide) groups is 1. The van der Waals surface area contributed by atoms with E-state index in [4.69, 9.17) is 32.7 Å². The van der Waals surface area contributed by atoms with Gasteiger partial charge in [0.2, 0.25) is 0 Å². The molecule has 1 heterocycles. The van der Waals surface area contributed by atoms with Crippen LogP contribution in [-0.4, -0.2) is 18.5 Å². The number of anilines is 1. The average molecular weight is 522 g/mol. The van der Waals surface area contributed by atoms with Crippen LogP contribution in [0.25, 0.3) is 0 Å². The summed E-state index contributed by atoms with van der Waals surface area (Å²) in [4.78, 5) is 13.7. The summed E-state index contributed by atoms with van der Waals surface area (Å²) in [5.41, 5.74) is 2.11. The summed E-state index contributed by atoms with van der Waals surface area (Å²) < 4.78 is 12.2. The molecule has 0 aliphatic carbocycles. The van der Waals surface area contributed by atoms with Gasteiger partial charge in [-0.05, 0) is 36.4 Å². The lowest BCUT2D eigenvalue weighted by molar-refractivity contribution is 0.0737. The minimum atomic E-state index is -1.10. The van der Waals surface area contributed by atoms with Gasteiger partial charge in [0.15, 0.2) is 5.60 Å². The van der Waals surface area contributed by atoms with Crippen molar-refractivity contribution in [2.45, 2.75) is 10.5 Å². The van der Waals surface area contributed by atoms with E-state index in [9.17, 15) is 4.79 Å². The average Bonchev–Trinajstić information content (AvgIpc) is 2.89. The van der Waals surface area contributed by atoms with Gasteiger partial charge in [-0.3, -0.25) is 5.32 Å². The molecule has 1 aliphatic heterocycles. The molecule has 0 radical (unpaired) electrons. The molecule has 0 unspecified atom stereocenters. The van der Waals surface area contributed by atoms with E-state index in [1.165, 1.54) is 0 Å². The monoisotopic (exact) mass is 521 g/mol. The maximum atomic E-state index is 12.7. The molecule has 1 N–H and O–H groups in total. The number of ether oxygens (including phenoxy) is 2. The molecular formula is C28H21Cl2NO3S. The third-order valence-corrected chi connectivity index (χ3v) is 7.42. The topological polar surface area (TPSA) is 47.6 Å². The predicted octanol–water partition coefficient (Wildman–Crippen LogP) is 8.02. The molecule has 1 aliphatic rings. The first kappa shape index (κ1) is 23.6. The van der Waals surface area contributed by atoms with E-state index in [2.05, 4.69) is 5.32 Å². The predicted molar refractivity (Wildman–Crippen MR) is 142 cm³/mol. The molecular weight excluding hydrogens is 501 g/mol. The van der Waals surface area contributed by atoms with Crippen LogP contribution in [0.15, 0.2) is 102 Å². The molecule has 35 heavy (non-hydrogen) atoms. The van der Waals surface area contributed by atoms with Crippen molar-refractivity contribution in [1.29, 1.82) is 0 Å². The Kier molecular flexibility index (Phi) is 6.91. The van der Waals surface area contributed by atoms with Crippen molar-refractivity contribution in [3.63, 3.8) is 0 Å². The van der Waals surface area contributed by atoms with Gasteiger partial charge in [0.05, 0.1) is 22.3 Å². The third kappa shape index (κ3) is 4.85. The number of amides is 1. The summed E-state index contributed by atoms with van der Waals surface area (Å²) in [6.45, 7) is 0.487. The van der Waals surface area contributed by atoms with E-state index in [1.807, 2.05) is 91.0 Å². The highest BCUT2D eigenvalue weighted by atomic mass is 35.5. The van der Waals surface area contributed by atoms with Crippen molar-refractivity contribution < 1.29 is 14.3 Å². The van der Waals surface area contributed by atoms with Crippen LogP contribution in [-0.2, 0) is 10.3 Å². The minimum Gasteiger partial charge on any atom is -0.493 e. The second-order valence-electron chi connectivity index (χ2n) is 7.91. The van der Waals surface area contributed by atoms with Crippen LogP contribution in [0.1, 0.15) is 16.7 Å². The molecule has 5 rings (SSSR count). The SMILES string of the molecule is O=C1Nc2ccc(OCCSc3ccc(Cl)c(Cl)c3)cc2C(c2ccccc2)(c2ccccc2)O1. The third-order valence-electron chi connectivity index (χ3n) is 5.73. The van der Waals surface area contributed by atoms with E-state index in [1.54, 1.807) is 17.8 Å². The van der Waals surface area contributed by atoms with Gasteiger partial charge in [0, 0.05) is 27.3 Å². The van der Waals surface area contributed by atoms with Gasteiger partial charge in [-0.15, -0.1) is 11.8 Å². The van der Waals surface area contributed by atoms with Gasteiger partial charge in [-0.2, -0.15) is 0 Å². The Morgan fingerprint density at radius 1 is 0.829 bits per heavy atom. The molecule has 0 spiro atoms. The molecule has 0 bridgehead atoms. The first-order valence-electron chi connectivity index (χ1n) is 11.0. The van der Waals surface area contributed by atoms with Gasteiger partial charge in [0.1, 0.15) is 5.75 Å². The number of hydrogen-bond donors (Lipinski definition) is 1. The summed E-state index contributed by atoms with van der Waals surface area (Å²) >= 11 is 13.7.